The summed E-state index contributed by atoms with van der Waals surface area (Å²) in [5.41, 5.74) is 6.31. The highest BCUT2D eigenvalue weighted by Crippen LogP contribution is 2.33. The first kappa shape index (κ1) is 18.7. The summed E-state index contributed by atoms with van der Waals surface area (Å²) in [6.45, 7) is 1.34. The van der Waals surface area contributed by atoms with E-state index in [1.807, 2.05) is 12.1 Å². The van der Waals surface area contributed by atoms with Crippen molar-refractivity contribution in [1.29, 1.82) is 0 Å². The molecular formula is C12H14Cl3N3OS2. The summed E-state index contributed by atoms with van der Waals surface area (Å²) < 4.78 is 0.726. The Bertz CT molecular complexity index is 616. The number of likely N-dealkylation sites (tertiary alicyclic amines) is 1. The number of rotatable bonds is 2. The van der Waals surface area contributed by atoms with Gasteiger partial charge in [0.1, 0.15) is 10.7 Å². The van der Waals surface area contributed by atoms with Gasteiger partial charge in [-0.3, -0.25) is 4.79 Å². The topological polar surface area (TPSA) is 59.2 Å². The monoisotopic (exact) mass is 385 g/mol. The average molecular weight is 387 g/mol. The Labute approximate surface area is 148 Å². The first-order valence-corrected chi connectivity index (χ1v) is 7.97. The van der Waals surface area contributed by atoms with Crippen molar-refractivity contribution in [2.24, 2.45) is 5.73 Å². The van der Waals surface area contributed by atoms with E-state index < -0.39 is 0 Å². The largest absolute Gasteiger partial charge is 0.336 e. The number of thiophene rings is 1. The van der Waals surface area contributed by atoms with E-state index in [1.54, 1.807) is 10.3 Å². The van der Waals surface area contributed by atoms with Gasteiger partial charge >= 0.3 is 0 Å². The number of aromatic nitrogens is 1. The number of thiazole rings is 1. The van der Waals surface area contributed by atoms with Crippen LogP contribution in [-0.2, 0) is 0 Å². The van der Waals surface area contributed by atoms with Gasteiger partial charge in [0.15, 0.2) is 0 Å². The molecule has 0 spiro atoms. The molecule has 1 saturated heterocycles. The second-order valence-electron chi connectivity index (χ2n) is 4.44. The third kappa shape index (κ3) is 4.09. The van der Waals surface area contributed by atoms with Crippen LogP contribution in [0.5, 0.6) is 0 Å². The number of hydrogen-bond acceptors (Lipinski definition) is 5. The van der Waals surface area contributed by atoms with Gasteiger partial charge in [-0.2, -0.15) is 0 Å². The van der Waals surface area contributed by atoms with Gasteiger partial charge in [-0.05, 0) is 18.6 Å². The quantitative estimate of drug-likeness (QED) is 0.858. The fourth-order valence-electron chi connectivity index (χ4n) is 2.05. The number of amides is 1. The van der Waals surface area contributed by atoms with Crippen LogP contribution in [0.3, 0.4) is 0 Å². The summed E-state index contributed by atoms with van der Waals surface area (Å²) in [5, 5.41) is 2.64. The fraction of sp³-hybridized carbons (Fsp3) is 0.333. The Morgan fingerprint density at radius 2 is 2.19 bits per heavy atom. The van der Waals surface area contributed by atoms with Crippen molar-refractivity contribution in [3.05, 3.63) is 27.5 Å². The van der Waals surface area contributed by atoms with E-state index in [1.165, 1.54) is 22.7 Å². The molecule has 3 rings (SSSR count). The normalized spacial score (nSPS) is 17.2. The van der Waals surface area contributed by atoms with Crippen LogP contribution in [0.2, 0.25) is 4.34 Å². The van der Waals surface area contributed by atoms with E-state index >= 15 is 0 Å². The zero-order valence-electron chi connectivity index (χ0n) is 10.8. The van der Waals surface area contributed by atoms with Crippen LogP contribution in [0.1, 0.15) is 16.9 Å². The SMILES string of the molecule is Cl.Cl.N[C@@H]1CCN(C(=O)c2csc(-c3ccc(Cl)s3)n2)C1. The predicted molar refractivity (Wildman–Crippen MR) is 93.4 cm³/mol. The molecule has 0 aromatic carbocycles. The van der Waals surface area contributed by atoms with Crippen molar-refractivity contribution in [3.63, 3.8) is 0 Å². The van der Waals surface area contributed by atoms with Crippen LogP contribution in [0.4, 0.5) is 0 Å². The summed E-state index contributed by atoms with van der Waals surface area (Å²) in [5.74, 6) is -0.0295. The number of halogens is 3. The van der Waals surface area contributed by atoms with Gasteiger partial charge in [0, 0.05) is 24.5 Å². The predicted octanol–water partition coefficient (Wildman–Crippen LogP) is 3.54. The van der Waals surface area contributed by atoms with E-state index in [0.29, 0.717) is 12.2 Å². The molecule has 2 N–H and O–H groups in total. The lowest BCUT2D eigenvalue weighted by atomic mass is 10.3. The molecule has 2 aromatic rings. The number of nitrogens with zero attached hydrogens (tertiary/aromatic N) is 2. The number of hydrogen-bond donors (Lipinski definition) is 1. The second-order valence-corrected chi connectivity index (χ2v) is 7.01. The van der Waals surface area contributed by atoms with E-state index in [9.17, 15) is 4.79 Å². The highest BCUT2D eigenvalue weighted by atomic mass is 35.5. The Morgan fingerprint density at radius 3 is 2.76 bits per heavy atom. The molecule has 1 aliphatic heterocycles. The molecular weight excluding hydrogens is 373 g/mol. The maximum Gasteiger partial charge on any atom is 0.273 e. The molecule has 116 valence electrons. The zero-order valence-corrected chi connectivity index (χ0v) is 14.8. The van der Waals surface area contributed by atoms with E-state index in [0.717, 1.165) is 27.2 Å². The van der Waals surface area contributed by atoms with Gasteiger partial charge in [-0.15, -0.1) is 47.5 Å². The number of carbonyl (C=O) groups excluding carboxylic acids is 1. The lowest BCUT2D eigenvalue weighted by Crippen LogP contribution is -2.32. The van der Waals surface area contributed by atoms with Crippen molar-refractivity contribution in [3.8, 4) is 9.88 Å². The maximum absolute atomic E-state index is 12.2. The van der Waals surface area contributed by atoms with Crippen molar-refractivity contribution in [2.45, 2.75) is 12.5 Å². The minimum atomic E-state index is -0.0295. The number of carbonyl (C=O) groups is 1. The molecule has 21 heavy (non-hydrogen) atoms. The molecule has 4 nitrogen and oxygen atoms in total. The first-order valence-electron chi connectivity index (χ1n) is 5.89. The minimum Gasteiger partial charge on any atom is -0.336 e. The van der Waals surface area contributed by atoms with E-state index in [2.05, 4.69) is 4.98 Å². The van der Waals surface area contributed by atoms with Crippen molar-refractivity contribution < 1.29 is 4.79 Å². The highest BCUT2D eigenvalue weighted by Gasteiger charge is 2.26. The van der Waals surface area contributed by atoms with Crippen LogP contribution in [0.15, 0.2) is 17.5 Å². The van der Waals surface area contributed by atoms with Crippen LogP contribution in [0, 0.1) is 0 Å². The molecule has 0 saturated carbocycles. The molecule has 0 unspecified atom stereocenters. The third-order valence-electron chi connectivity index (χ3n) is 3.02. The molecule has 9 heteroatoms. The van der Waals surface area contributed by atoms with Gasteiger partial charge in [-0.1, -0.05) is 11.6 Å². The van der Waals surface area contributed by atoms with Crippen molar-refractivity contribution in [1.82, 2.24) is 9.88 Å². The van der Waals surface area contributed by atoms with Crippen molar-refractivity contribution >= 4 is 65.0 Å². The smallest absolute Gasteiger partial charge is 0.273 e. The molecule has 1 fully saturated rings. The van der Waals surface area contributed by atoms with Crippen molar-refractivity contribution in [2.75, 3.05) is 13.1 Å². The van der Waals surface area contributed by atoms with Gasteiger partial charge < -0.3 is 10.6 Å². The standard InChI is InChI=1S/C12H12ClN3OS2.2ClH/c13-10-2-1-9(19-10)11-15-8(6-18-11)12(17)16-4-3-7(14)5-16;;/h1-2,6-7H,3-5,14H2;2*1H/t7-;;/m1../s1. The summed E-state index contributed by atoms with van der Waals surface area (Å²) >= 11 is 8.84. The Balaban J connectivity index is 0.00000110. The highest BCUT2D eigenvalue weighted by molar-refractivity contribution is 7.23. The number of nitrogens with two attached hydrogens (primary N) is 1. The zero-order chi connectivity index (χ0) is 13.4. The van der Waals surface area contributed by atoms with Gasteiger partial charge in [0.25, 0.3) is 5.91 Å². The third-order valence-corrected chi connectivity index (χ3v) is 5.26. The van der Waals surface area contributed by atoms with Crippen LogP contribution < -0.4 is 5.73 Å². The minimum absolute atomic E-state index is 0. The van der Waals surface area contributed by atoms with Crippen LogP contribution in [0.25, 0.3) is 9.88 Å². The van der Waals surface area contributed by atoms with Gasteiger partial charge in [-0.25, -0.2) is 4.98 Å². The van der Waals surface area contributed by atoms with E-state index in [4.69, 9.17) is 17.3 Å². The summed E-state index contributed by atoms with van der Waals surface area (Å²) in [4.78, 5) is 19.4. The molecule has 1 amide bonds. The summed E-state index contributed by atoms with van der Waals surface area (Å²) in [6, 6.07) is 3.86. The molecule has 1 atom stereocenters. The Morgan fingerprint density at radius 1 is 1.43 bits per heavy atom. The fourth-order valence-corrected chi connectivity index (χ4v) is 3.96. The van der Waals surface area contributed by atoms with Crippen LogP contribution >= 0.6 is 59.1 Å². The molecule has 3 heterocycles. The lowest BCUT2D eigenvalue weighted by Gasteiger charge is -2.13. The molecule has 1 aliphatic rings. The van der Waals surface area contributed by atoms with Gasteiger partial charge in [0.2, 0.25) is 0 Å². The average Bonchev–Trinajstić information content (AvgIpc) is 3.07. The second kappa shape index (κ2) is 7.76. The molecule has 0 aliphatic carbocycles. The molecule has 2 aromatic heterocycles. The van der Waals surface area contributed by atoms with Crippen LogP contribution in [-0.4, -0.2) is 34.9 Å². The summed E-state index contributed by atoms with van der Waals surface area (Å²) in [6.07, 6.45) is 0.864. The molecule has 0 bridgehead atoms. The van der Waals surface area contributed by atoms with Gasteiger partial charge in [0.05, 0.1) is 9.21 Å². The molecule has 0 radical (unpaired) electrons. The lowest BCUT2D eigenvalue weighted by molar-refractivity contribution is 0.0786. The maximum atomic E-state index is 12.2. The van der Waals surface area contributed by atoms with E-state index in [-0.39, 0.29) is 36.8 Å². The Hall–Kier alpha value is -0.370. The first-order chi connectivity index (χ1) is 9.13. The Kier molecular flexibility index (Phi) is 6.90. The summed E-state index contributed by atoms with van der Waals surface area (Å²) in [7, 11) is 0.